The number of morpholine rings is 2. The largest absolute Gasteiger partial charge is 0.373 e. The molecule has 14 heteroatoms. The average Bonchev–Trinajstić information content (AvgIpc) is 2.98. The fourth-order valence-electron chi connectivity index (χ4n) is 5.41. The van der Waals surface area contributed by atoms with Gasteiger partial charge >= 0.3 is 0 Å². The number of benzene rings is 2. The summed E-state index contributed by atoms with van der Waals surface area (Å²) >= 11 is 0. The minimum absolute atomic E-state index is 0.110. The molecule has 2 amide bonds. The number of carbonyl (C=O) groups excluding carboxylic acids is 2. The zero-order valence-corrected chi connectivity index (χ0v) is 28.3. The first-order chi connectivity index (χ1) is 21.0. The van der Waals surface area contributed by atoms with Crippen molar-refractivity contribution in [1.82, 2.24) is 19.2 Å². The Bertz CT molecular complexity index is 1440. The second kappa shape index (κ2) is 13.9. The highest BCUT2D eigenvalue weighted by molar-refractivity contribution is 7.89. The minimum atomic E-state index is -3.72. The van der Waals surface area contributed by atoms with Gasteiger partial charge in [-0.2, -0.15) is 8.61 Å². The van der Waals surface area contributed by atoms with Crippen molar-refractivity contribution in [3.05, 3.63) is 59.7 Å². The molecule has 2 heterocycles. The summed E-state index contributed by atoms with van der Waals surface area (Å²) in [5, 5.41) is 5.70. The topological polar surface area (TPSA) is 151 Å². The smallest absolute Gasteiger partial charge is 0.251 e. The summed E-state index contributed by atoms with van der Waals surface area (Å²) in [7, 11) is -7.44. The van der Waals surface area contributed by atoms with Crippen LogP contribution in [-0.4, -0.2) is 101 Å². The van der Waals surface area contributed by atoms with E-state index in [1.54, 1.807) is 0 Å². The first-order valence-electron chi connectivity index (χ1n) is 15.1. The molecule has 2 N–H and O–H groups in total. The Kier molecular flexibility index (Phi) is 10.8. The molecule has 4 atom stereocenters. The van der Waals surface area contributed by atoms with Gasteiger partial charge in [-0.15, -0.1) is 0 Å². The van der Waals surface area contributed by atoms with Crippen molar-refractivity contribution in [3.63, 3.8) is 0 Å². The summed E-state index contributed by atoms with van der Waals surface area (Å²) in [6.07, 6.45) is -0.834. The Morgan fingerprint density at radius 3 is 1.22 bits per heavy atom. The first kappa shape index (κ1) is 35.0. The molecular formula is C31H44N4O8S2. The quantitative estimate of drug-likeness (QED) is 0.393. The number of carbonyl (C=O) groups is 2. The lowest BCUT2D eigenvalue weighted by atomic mass is 9.93. The van der Waals surface area contributed by atoms with E-state index in [0.717, 1.165) is 0 Å². The van der Waals surface area contributed by atoms with Crippen LogP contribution >= 0.6 is 0 Å². The fourth-order valence-corrected chi connectivity index (χ4v) is 8.60. The second-order valence-corrected chi connectivity index (χ2v) is 16.6. The molecule has 0 spiro atoms. The summed E-state index contributed by atoms with van der Waals surface area (Å²) in [4.78, 5) is 25.9. The zero-order valence-electron chi connectivity index (χ0n) is 26.6. The van der Waals surface area contributed by atoms with Gasteiger partial charge in [0.1, 0.15) is 0 Å². The highest BCUT2D eigenvalue weighted by Gasteiger charge is 2.33. The second-order valence-electron chi connectivity index (χ2n) is 12.7. The van der Waals surface area contributed by atoms with Gasteiger partial charge in [0.2, 0.25) is 20.0 Å². The van der Waals surface area contributed by atoms with Crippen LogP contribution in [0.5, 0.6) is 0 Å². The number of amides is 2. The molecular weight excluding hydrogens is 620 g/mol. The molecule has 45 heavy (non-hydrogen) atoms. The van der Waals surface area contributed by atoms with Crippen LogP contribution in [0.1, 0.15) is 62.3 Å². The van der Waals surface area contributed by atoms with E-state index in [4.69, 9.17) is 9.47 Å². The monoisotopic (exact) mass is 664 g/mol. The lowest BCUT2D eigenvalue weighted by molar-refractivity contribution is -0.0442. The summed E-state index contributed by atoms with van der Waals surface area (Å²) in [5.74, 6) is -0.736. The minimum Gasteiger partial charge on any atom is -0.373 e. The molecule has 2 aliphatic rings. The summed E-state index contributed by atoms with van der Waals surface area (Å²) in [6, 6.07) is 11.6. The molecule has 4 rings (SSSR count). The normalized spacial score (nSPS) is 23.8. The molecule has 12 nitrogen and oxygen atoms in total. The molecule has 0 aromatic heterocycles. The summed E-state index contributed by atoms with van der Waals surface area (Å²) in [5.41, 5.74) is 0.104. The molecule has 0 bridgehead atoms. The number of hydrogen-bond acceptors (Lipinski definition) is 8. The number of ether oxygens (including phenoxy) is 2. The van der Waals surface area contributed by atoms with E-state index in [0.29, 0.717) is 11.1 Å². The number of nitrogens with zero attached hydrogens (tertiary/aromatic N) is 2. The van der Waals surface area contributed by atoms with E-state index in [-0.39, 0.29) is 85.3 Å². The van der Waals surface area contributed by atoms with Crippen LogP contribution in [0.25, 0.3) is 0 Å². The lowest BCUT2D eigenvalue weighted by Gasteiger charge is -2.34. The molecule has 0 aliphatic carbocycles. The molecule has 2 aromatic carbocycles. The summed E-state index contributed by atoms with van der Waals surface area (Å²) < 4.78 is 66.5. The van der Waals surface area contributed by atoms with Gasteiger partial charge < -0.3 is 20.1 Å². The van der Waals surface area contributed by atoms with E-state index >= 15 is 0 Å². The Hall–Kier alpha value is -2.88. The third-order valence-corrected chi connectivity index (χ3v) is 11.4. The van der Waals surface area contributed by atoms with E-state index in [1.807, 2.05) is 41.5 Å². The number of rotatable bonds is 10. The maximum absolute atomic E-state index is 13.1. The van der Waals surface area contributed by atoms with Gasteiger partial charge in [-0.05, 0) is 81.6 Å². The van der Waals surface area contributed by atoms with E-state index in [9.17, 15) is 26.4 Å². The van der Waals surface area contributed by atoms with Crippen LogP contribution in [0.4, 0.5) is 0 Å². The lowest BCUT2D eigenvalue weighted by Crippen LogP contribution is -2.48. The Labute approximate surface area is 266 Å². The molecule has 2 saturated heterocycles. The van der Waals surface area contributed by atoms with Gasteiger partial charge in [0.15, 0.2) is 0 Å². The third kappa shape index (κ3) is 8.69. The number of hydrogen-bond donors (Lipinski definition) is 2. The van der Waals surface area contributed by atoms with Gasteiger partial charge in [-0.3, -0.25) is 9.59 Å². The Balaban J connectivity index is 1.28. The van der Waals surface area contributed by atoms with Crippen LogP contribution in [-0.2, 0) is 29.5 Å². The predicted octanol–water partition coefficient (Wildman–Crippen LogP) is 2.47. The molecule has 2 aromatic rings. The predicted molar refractivity (Wildman–Crippen MR) is 169 cm³/mol. The fraction of sp³-hybridized carbons (Fsp3) is 0.548. The number of nitrogens with one attached hydrogen (secondary N) is 2. The summed E-state index contributed by atoms with van der Waals surface area (Å²) in [6.45, 7) is 12.6. The van der Waals surface area contributed by atoms with Crippen LogP contribution in [0, 0.1) is 5.41 Å². The van der Waals surface area contributed by atoms with Gasteiger partial charge in [0, 0.05) is 50.4 Å². The molecule has 2 aliphatic heterocycles. The first-order valence-corrected chi connectivity index (χ1v) is 17.9. The maximum Gasteiger partial charge on any atom is 0.251 e. The van der Waals surface area contributed by atoms with Crippen LogP contribution in [0.15, 0.2) is 58.3 Å². The van der Waals surface area contributed by atoms with Crippen LogP contribution in [0.2, 0.25) is 0 Å². The molecule has 248 valence electrons. The van der Waals surface area contributed by atoms with Gasteiger partial charge in [-0.25, -0.2) is 16.8 Å². The average molecular weight is 665 g/mol. The van der Waals surface area contributed by atoms with Crippen LogP contribution in [0.3, 0.4) is 0 Å². The van der Waals surface area contributed by atoms with E-state index in [2.05, 4.69) is 10.6 Å². The third-order valence-electron chi connectivity index (χ3n) is 7.74. The molecule has 4 unspecified atom stereocenters. The van der Waals surface area contributed by atoms with Crippen molar-refractivity contribution in [3.8, 4) is 0 Å². The Morgan fingerprint density at radius 2 is 0.933 bits per heavy atom. The van der Waals surface area contributed by atoms with Crippen molar-refractivity contribution < 1.29 is 35.9 Å². The highest BCUT2D eigenvalue weighted by Crippen LogP contribution is 2.23. The van der Waals surface area contributed by atoms with E-state index < -0.39 is 25.5 Å². The highest BCUT2D eigenvalue weighted by atomic mass is 32.2. The van der Waals surface area contributed by atoms with Gasteiger partial charge in [0.25, 0.3) is 11.8 Å². The van der Waals surface area contributed by atoms with Crippen molar-refractivity contribution in [2.75, 3.05) is 39.3 Å². The Morgan fingerprint density at radius 1 is 0.644 bits per heavy atom. The van der Waals surface area contributed by atoms with Crippen LogP contribution < -0.4 is 10.6 Å². The maximum atomic E-state index is 13.1. The van der Waals surface area contributed by atoms with Crippen molar-refractivity contribution in [1.29, 1.82) is 0 Å². The SMILES string of the molecule is CC1CN(S(=O)(=O)c2ccc(C(=O)NCC(C)(C)CNC(=O)c3ccc(S(=O)(=O)N4CC(C)OC(C)C4)cc3)cc2)CC(C)O1. The van der Waals surface area contributed by atoms with Gasteiger partial charge in [0.05, 0.1) is 34.2 Å². The van der Waals surface area contributed by atoms with Crippen molar-refractivity contribution in [2.45, 2.75) is 75.7 Å². The molecule has 0 radical (unpaired) electrons. The zero-order chi connectivity index (χ0) is 33.2. The van der Waals surface area contributed by atoms with Crippen molar-refractivity contribution in [2.24, 2.45) is 5.41 Å². The standard InChI is InChI=1S/C31H44N4O8S2/c1-21-15-34(16-22(2)42-21)44(38,39)27-11-7-25(8-12-27)29(36)32-19-31(5,6)20-33-30(37)26-9-13-28(14-10-26)45(40,41)35-17-23(3)43-24(4)18-35/h7-14,21-24H,15-20H2,1-6H3,(H,32,36)(H,33,37). The number of sulfonamides is 2. The van der Waals surface area contributed by atoms with E-state index in [1.165, 1.54) is 57.1 Å². The molecule has 0 saturated carbocycles. The van der Waals surface area contributed by atoms with Crippen molar-refractivity contribution >= 4 is 31.9 Å². The molecule has 2 fully saturated rings. The van der Waals surface area contributed by atoms with Gasteiger partial charge in [-0.1, -0.05) is 13.8 Å².